The molecule has 4 nitrogen and oxygen atoms in total. The quantitative estimate of drug-likeness (QED) is 0.852. The topological polar surface area (TPSA) is 27.2 Å². The largest absolute Gasteiger partial charge is 0.314 e. The smallest absolute Gasteiger partial charge is 0.203 e. The highest BCUT2D eigenvalue weighted by molar-refractivity contribution is 7.71. The molecule has 2 fully saturated rings. The van der Waals surface area contributed by atoms with E-state index in [-0.39, 0.29) is 0 Å². The third-order valence-corrected chi connectivity index (χ3v) is 6.58. The first-order valence-electron chi connectivity index (χ1n) is 9.75. The van der Waals surface area contributed by atoms with Crippen LogP contribution < -0.4 is 4.90 Å². The first-order chi connectivity index (χ1) is 12.2. The number of piperidine rings is 1. The SMILES string of the molecule is Cc1nn(C[NH+]2CCC[C@H]3CCCC[C@@H]32)c(=S)n1Cc1ccccc1. The number of likely N-dealkylation sites (tertiary alicyclic amines) is 1. The predicted octanol–water partition coefficient (Wildman–Crippen LogP) is 2.97. The van der Waals surface area contributed by atoms with Crippen molar-refractivity contribution >= 4 is 12.2 Å². The number of hydrogen-bond acceptors (Lipinski definition) is 2. The van der Waals surface area contributed by atoms with E-state index in [2.05, 4.69) is 46.5 Å². The van der Waals surface area contributed by atoms with Crippen molar-refractivity contribution in [3.05, 3.63) is 46.5 Å². The first kappa shape index (κ1) is 17.0. The zero-order valence-corrected chi connectivity index (χ0v) is 16.0. The van der Waals surface area contributed by atoms with Crippen molar-refractivity contribution in [3.8, 4) is 0 Å². The molecule has 134 valence electrons. The van der Waals surface area contributed by atoms with Gasteiger partial charge in [-0.15, -0.1) is 0 Å². The molecule has 2 aliphatic rings. The summed E-state index contributed by atoms with van der Waals surface area (Å²) in [5, 5.41) is 4.79. The lowest BCUT2D eigenvalue weighted by atomic mass is 9.78. The van der Waals surface area contributed by atoms with Crippen LogP contribution in [0, 0.1) is 17.6 Å². The second-order valence-electron chi connectivity index (χ2n) is 7.76. The van der Waals surface area contributed by atoms with E-state index in [4.69, 9.17) is 17.3 Å². The van der Waals surface area contributed by atoms with Gasteiger partial charge in [0.1, 0.15) is 5.82 Å². The molecule has 0 bridgehead atoms. The summed E-state index contributed by atoms with van der Waals surface area (Å²) in [4.78, 5) is 1.71. The molecule has 1 aliphatic carbocycles. The van der Waals surface area contributed by atoms with E-state index in [1.165, 1.54) is 50.6 Å². The first-order valence-corrected chi connectivity index (χ1v) is 10.2. The molecule has 0 spiro atoms. The number of rotatable bonds is 4. The number of aromatic nitrogens is 3. The molecule has 2 heterocycles. The van der Waals surface area contributed by atoms with Gasteiger partial charge in [0.2, 0.25) is 4.77 Å². The summed E-state index contributed by atoms with van der Waals surface area (Å²) < 4.78 is 5.12. The highest BCUT2D eigenvalue weighted by Gasteiger charge is 2.36. The molecule has 1 aliphatic heterocycles. The van der Waals surface area contributed by atoms with Crippen LogP contribution in [0.4, 0.5) is 0 Å². The molecule has 1 N–H and O–H groups in total. The number of nitrogens with zero attached hydrogens (tertiary/aromatic N) is 3. The van der Waals surface area contributed by atoms with Crippen LogP contribution in [0.5, 0.6) is 0 Å². The van der Waals surface area contributed by atoms with Crippen LogP contribution in [0.3, 0.4) is 0 Å². The zero-order valence-electron chi connectivity index (χ0n) is 15.2. The van der Waals surface area contributed by atoms with Crippen molar-refractivity contribution in [1.29, 1.82) is 0 Å². The van der Waals surface area contributed by atoms with E-state index in [9.17, 15) is 0 Å². The highest BCUT2D eigenvalue weighted by Crippen LogP contribution is 2.28. The van der Waals surface area contributed by atoms with E-state index >= 15 is 0 Å². The van der Waals surface area contributed by atoms with Gasteiger partial charge >= 0.3 is 0 Å². The van der Waals surface area contributed by atoms with Crippen molar-refractivity contribution in [2.45, 2.75) is 64.7 Å². The molecule has 1 aromatic heterocycles. The maximum atomic E-state index is 5.78. The summed E-state index contributed by atoms with van der Waals surface area (Å²) in [5.41, 5.74) is 1.28. The lowest BCUT2D eigenvalue weighted by molar-refractivity contribution is -0.958. The van der Waals surface area contributed by atoms with Crippen molar-refractivity contribution in [1.82, 2.24) is 14.3 Å². The molecule has 1 saturated carbocycles. The van der Waals surface area contributed by atoms with Crippen LogP contribution in [0.1, 0.15) is 49.9 Å². The van der Waals surface area contributed by atoms with Gasteiger partial charge in [-0.2, -0.15) is 9.78 Å². The van der Waals surface area contributed by atoms with Crippen molar-refractivity contribution in [2.24, 2.45) is 5.92 Å². The van der Waals surface area contributed by atoms with Gasteiger partial charge in [-0.3, -0.25) is 4.57 Å². The number of aryl methyl sites for hydroxylation is 1. The average Bonchev–Trinajstić information content (AvgIpc) is 2.90. The second kappa shape index (κ2) is 7.42. The molecule has 2 aromatic rings. The van der Waals surface area contributed by atoms with Crippen molar-refractivity contribution in [2.75, 3.05) is 6.54 Å². The van der Waals surface area contributed by atoms with Gasteiger partial charge in [-0.25, -0.2) is 0 Å². The number of benzene rings is 1. The maximum absolute atomic E-state index is 5.78. The van der Waals surface area contributed by atoms with Gasteiger partial charge in [-0.1, -0.05) is 36.8 Å². The zero-order chi connectivity index (χ0) is 17.2. The minimum atomic E-state index is 0.812. The summed E-state index contributed by atoms with van der Waals surface area (Å²) in [6.45, 7) is 5.09. The van der Waals surface area contributed by atoms with Gasteiger partial charge in [0, 0.05) is 5.92 Å². The molecule has 3 atom stereocenters. The fraction of sp³-hybridized carbons (Fsp3) is 0.600. The summed E-state index contributed by atoms with van der Waals surface area (Å²) >= 11 is 5.78. The summed E-state index contributed by atoms with van der Waals surface area (Å²) in [6.07, 6.45) is 8.43. The Morgan fingerprint density at radius 3 is 2.72 bits per heavy atom. The van der Waals surface area contributed by atoms with E-state index in [1.807, 2.05) is 0 Å². The van der Waals surface area contributed by atoms with E-state index in [0.29, 0.717) is 0 Å². The Morgan fingerprint density at radius 1 is 1.12 bits per heavy atom. The monoisotopic (exact) mass is 357 g/mol. The standard InChI is InChI=1S/C20H28N4S/c1-16-21-24(20(25)23(16)14-17-8-3-2-4-9-17)15-22-13-7-11-18-10-5-6-12-19(18)22/h2-4,8-9,18-19H,5-7,10-15H2,1H3/p+1/t18-,19+/m1/s1. The third kappa shape index (κ3) is 3.58. The fourth-order valence-electron chi connectivity index (χ4n) is 4.86. The lowest BCUT2D eigenvalue weighted by Crippen LogP contribution is -3.17. The van der Waals surface area contributed by atoms with Crippen LogP contribution in [0.2, 0.25) is 0 Å². The molecule has 4 rings (SSSR count). The number of nitrogens with one attached hydrogen (secondary N) is 1. The third-order valence-electron chi connectivity index (χ3n) is 6.15. The second-order valence-corrected chi connectivity index (χ2v) is 8.13. The van der Waals surface area contributed by atoms with Crippen LogP contribution >= 0.6 is 12.2 Å². The molecule has 1 saturated heterocycles. The number of quaternary nitrogens is 1. The van der Waals surface area contributed by atoms with E-state index in [0.717, 1.165) is 35.8 Å². The fourth-order valence-corrected chi connectivity index (χ4v) is 5.16. The van der Waals surface area contributed by atoms with Crippen LogP contribution in [-0.2, 0) is 13.2 Å². The highest BCUT2D eigenvalue weighted by atomic mass is 32.1. The Kier molecular flexibility index (Phi) is 5.04. The summed E-state index contributed by atoms with van der Waals surface area (Å²) in [5.74, 6) is 1.95. The normalized spacial score (nSPS) is 26.4. The molecular formula is C20H29N4S+. The minimum Gasteiger partial charge on any atom is -0.314 e. The van der Waals surface area contributed by atoms with Gasteiger partial charge in [0.15, 0.2) is 6.67 Å². The molecule has 1 aromatic carbocycles. The Morgan fingerprint density at radius 2 is 1.88 bits per heavy atom. The minimum absolute atomic E-state index is 0.812. The van der Waals surface area contributed by atoms with Crippen molar-refractivity contribution < 1.29 is 4.90 Å². The molecule has 5 heteroatoms. The predicted molar refractivity (Wildman–Crippen MR) is 102 cm³/mol. The van der Waals surface area contributed by atoms with Gasteiger partial charge < -0.3 is 4.90 Å². The molecule has 25 heavy (non-hydrogen) atoms. The van der Waals surface area contributed by atoms with Crippen LogP contribution in [0.15, 0.2) is 30.3 Å². The molecule has 0 radical (unpaired) electrons. The van der Waals surface area contributed by atoms with Gasteiger partial charge in [-0.05, 0) is 56.8 Å². The summed E-state index contributed by atoms with van der Waals surface area (Å²) in [6, 6.07) is 11.4. The van der Waals surface area contributed by atoms with E-state index in [1.54, 1.807) is 4.90 Å². The van der Waals surface area contributed by atoms with Crippen LogP contribution in [-0.4, -0.2) is 26.9 Å². The molecular weight excluding hydrogens is 328 g/mol. The number of fused-ring (bicyclic) bond motifs is 1. The number of hydrogen-bond donors (Lipinski definition) is 1. The average molecular weight is 358 g/mol. The Hall–Kier alpha value is -1.46. The summed E-state index contributed by atoms with van der Waals surface area (Å²) in [7, 11) is 0. The van der Waals surface area contributed by atoms with E-state index < -0.39 is 0 Å². The molecule has 1 unspecified atom stereocenters. The van der Waals surface area contributed by atoms with Gasteiger partial charge in [0.05, 0.1) is 19.1 Å². The van der Waals surface area contributed by atoms with Crippen LogP contribution in [0.25, 0.3) is 0 Å². The lowest BCUT2D eigenvalue weighted by Gasteiger charge is -2.40. The van der Waals surface area contributed by atoms with Gasteiger partial charge in [0.25, 0.3) is 0 Å². The molecule has 0 amide bonds. The Balaban J connectivity index is 1.53. The maximum Gasteiger partial charge on any atom is 0.203 e. The van der Waals surface area contributed by atoms with Crippen molar-refractivity contribution in [3.63, 3.8) is 0 Å². The Bertz CT molecular complexity index is 762. The Labute approximate surface area is 155 Å².